The second-order valence-electron chi connectivity index (χ2n) is 9.18. The molecule has 3 aromatic rings. The summed E-state index contributed by atoms with van der Waals surface area (Å²) in [6, 6.07) is 8.24. The molecule has 0 bridgehead atoms. The molecule has 6 rings (SSSR count). The van der Waals surface area contributed by atoms with Crippen molar-refractivity contribution >= 4 is 23.1 Å². The Morgan fingerprint density at radius 3 is 2.56 bits per heavy atom. The van der Waals surface area contributed by atoms with Crippen molar-refractivity contribution < 1.29 is 9.32 Å². The molecule has 2 aliphatic carbocycles. The molecule has 8 heteroatoms. The Bertz CT molecular complexity index is 1080. The maximum absolute atomic E-state index is 13.6. The van der Waals surface area contributed by atoms with Gasteiger partial charge in [-0.15, -0.1) is 11.3 Å². The van der Waals surface area contributed by atoms with Gasteiger partial charge in [0.2, 0.25) is 17.6 Å². The second-order valence-corrected chi connectivity index (χ2v) is 10.1. The van der Waals surface area contributed by atoms with Crippen molar-refractivity contribution in [3.8, 4) is 11.4 Å². The maximum atomic E-state index is 13.6. The van der Waals surface area contributed by atoms with Gasteiger partial charge in [0.15, 0.2) is 0 Å². The summed E-state index contributed by atoms with van der Waals surface area (Å²) >= 11 is 1.73. The highest BCUT2D eigenvalue weighted by molar-refractivity contribution is 7.10. The van der Waals surface area contributed by atoms with E-state index >= 15 is 0 Å². The van der Waals surface area contributed by atoms with E-state index in [1.54, 1.807) is 11.3 Å². The first kappa shape index (κ1) is 19.9. The second kappa shape index (κ2) is 7.99. The van der Waals surface area contributed by atoms with Crippen molar-refractivity contribution in [3.05, 3.63) is 46.6 Å². The van der Waals surface area contributed by atoms with Crippen molar-refractivity contribution in [1.82, 2.24) is 20.0 Å². The number of piperazine rings is 1. The van der Waals surface area contributed by atoms with Gasteiger partial charge in [0.25, 0.3) is 0 Å². The highest BCUT2D eigenvalue weighted by Gasteiger charge is 2.46. The number of hydrogen-bond acceptors (Lipinski definition) is 7. The van der Waals surface area contributed by atoms with E-state index in [0.29, 0.717) is 17.6 Å². The van der Waals surface area contributed by atoms with Gasteiger partial charge >= 0.3 is 0 Å². The molecule has 3 fully saturated rings. The van der Waals surface area contributed by atoms with Crippen LogP contribution in [0.1, 0.15) is 55.2 Å². The number of hydrogen-bond donors (Lipinski definition) is 0. The average Bonchev–Trinajstić information content (AvgIpc) is 3.27. The SMILES string of the molecule is O=C(N1CCN(c2ccc(-c3noc(C4CC4)n3)cn2)CC1)C1(c2cccs2)CCCC1. The van der Waals surface area contributed by atoms with Crippen LogP contribution in [0.4, 0.5) is 5.82 Å². The fourth-order valence-electron chi connectivity index (χ4n) is 5.09. The van der Waals surface area contributed by atoms with Crippen LogP contribution in [0.2, 0.25) is 0 Å². The number of anilines is 1. The van der Waals surface area contributed by atoms with Gasteiger partial charge in [0.1, 0.15) is 5.82 Å². The number of aromatic nitrogens is 3. The minimum absolute atomic E-state index is 0.292. The molecule has 1 saturated heterocycles. The maximum Gasteiger partial charge on any atom is 0.234 e. The van der Waals surface area contributed by atoms with Crippen LogP contribution in [0.25, 0.3) is 11.4 Å². The predicted molar refractivity (Wildman–Crippen MR) is 123 cm³/mol. The van der Waals surface area contributed by atoms with Gasteiger partial charge < -0.3 is 14.3 Å². The standard InChI is InChI=1S/C24H27N5O2S/c30-23(24(9-1-2-10-24)19-4-3-15-32-19)29-13-11-28(12-14-29)20-8-7-18(16-25-20)21-26-22(31-27-21)17-5-6-17/h3-4,7-8,15-17H,1-2,5-6,9-14H2. The molecule has 3 aliphatic rings. The molecule has 4 heterocycles. The van der Waals surface area contributed by atoms with Gasteiger partial charge in [0, 0.05) is 48.7 Å². The van der Waals surface area contributed by atoms with Crippen LogP contribution in [-0.4, -0.2) is 52.1 Å². The summed E-state index contributed by atoms with van der Waals surface area (Å²) in [5, 5.41) is 6.20. The van der Waals surface area contributed by atoms with Crippen LogP contribution in [0, 0.1) is 0 Å². The monoisotopic (exact) mass is 449 g/mol. The van der Waals surface area contributed by atoms with Crippen LogP contribution >= 0.6 is 11.3 Å². The quantitative estimate of drug-likeness (QED) is 0.580. The van der Waals surface area contributed by atoms with Crippen LogP contribution in [0.3, 0.4) is 0 Å². The number of thiophene rings is 1. The third-order valence-electron chi connectivity index (χ3n) is 7.12. The minimum atomic E-state index is -0.292. The Balaban J connectivity index is 1.11. The average molecular weight is 450 g/mol. The summed E-state index contributed by atoms with van der Waals surface area (Å²) < 4.78 is 5.36. The molecule has 0 unspecified atom stereocenters. The van der Waals surface area contributed by atoms with Gasteiger partial charge in [-0.3, -0.25) is 4.79 Å². The molecule has 1 amide bonds. The van der Waals surface area contributed by atoms with E-state index in [9.17, 15) is 4.79 Å². The Kier molecular flexibility index (Phi) is 4.97. The number of rotatable bonds is 5. The van der Waals surface area contributed by atoms with Gasteiger partial charge in [-0.1, -0.05) is 24.1 Å². The Labute approximate surface area is 191 Å². The fraction of sp³-hybridized carbons (Fsp3) is 0.500. The van der Waals surface area contributed by atoms with E-state index in [2.05, 4.69) is 42.4 Å². The van der Waals surface area contributed by atoms with Crippen LogP contribution in [-0.2, 0) is 10.2 Å². The third kappa shape index (κ3) is 3.50. The molecular formula is C24H27N5O2S. The summed E-state index contributed by atoms with van der Waals surface area (Å²) in [7, 11) is 0. The number of carbonyl (C=O) groups is 1. The summed E-state index contributed by atoms with van der Waals surface area (Å²) in [6.45, 7) is 3.08. The van der Waals surface area contributed by atoms with Crippen molar-refractivity contribution in [3.63, 3.8) is 0 Å². The number of pyridine rings is 1. The molecule has 0 N–H and O–H groups in total. The van der Waals surface area contributed by atoms with E-state index in [1.807, 2.05) is 18.3 Å². The topological polar surface area (TPSA) is 75.4 Å². The molecular weight excluding hydrogens is 422 g/mol. The van der Waals surface area contributed by atoms with Gasteiger partial charge in [0.05, 0.1) is 5.41 Å². The Morgan fingerprint density at radius 1 is 1.09 bits per heavy atom. The number of carbonyl (C=O) groups excluding carboxylic acids is 1. The van der Waals surface area contributed by atoms with E-state index in [4.69, 9.17) is 4.52 Å². The predicted octanol–water partition coefficient (Wildman–Crippen LogP) is 4.23. The summed E-state index contributed by atoms with van der Waals surface area (Å²) in [5.74, 6) is 3.06. The lowest BCUT2D eigenvalue weighted by Crippen LogP contribution is -2.54. The molecule has 0 radical (unpaired) electrons. The molecule has 3 aromatic heterocycles. The molecule has 0 spiro atoms. The molecule has 0 atom stereocenters. The van der Waals surface area contributed by atoms with Crippen LogP contribution in [0.15, 0.2) is 40.4 Å². The van der Waals surface area contributed by atoms with Gasteiger partial charge in [-0.2, -0.15) is 4.98 Å². The smallest absolute Gasteiger partial charge is 0.234 e. The summed E-state index contributed by atoms with van der Waals surface area (Å²) in [6.07, 6.45) is 8.34. The largest absolute Gasteiger partial charge is 0.353 e. The lowest BCUT2D eigenvalue weighted by atomic mass is 9.82. The van der Waals surface area contributed by atoms with E-state index in [1.165, 1.54) is 4.88 Å². The van der Waals surface area contributed by atoms with Crippen molar-refractivity contribution in [2.24, 2.45) is 0 Å². The Morgan fingerprint density at radius 2 is 1.91 bits per heavy atom. The fourth-order valence-corrected chi connectivity index (χ4v) is 6.07. The van der Waals surface area contributed by atoms with Crippen molar-refractivity contribution in [1.29, 1.82) is 0 Å². The first-order valence-corrected chi connectivity index (χ1v) is 12.5. The molecule has 2 saturated carbocycles. The molecule has 1 aliphatic heterocycles. The zero-order valence-electron chi connectivity index (χ0n) is 18.1. The molecule has 166 valence electrons. The van der Waals surface area contributed by atoms with E-state index in [0.717, 1.165) is 82.0 Å². The summed E-state index contributed by atoms with van der Waals surface area (Å²) in [5.41, 5.74) is 0.581. The van der Waals surface area contributed by atoms with Gasteiger partial charge in [-0.25, -0.2) is 4.98 Å². The van der Waals surface area contributed by atoms with Gasteiger partial charge in [-0.05, 0) is 49.3 Å². The highest BCUT2D eigenvalue weighted by atomic mass is 32.1. The first-order chi connectivity index (χ1) is 15.7. The minimum Gasteiger partial charge on any atom is -0.353 e. The molecule has 32 heavy (non-hydrogen) atoms. The molecule has 0 aromatic carbocycles. The van der Waals surface area contributed by atoms with E-state index in [-0.39, 0.29) is 5.41 Å². The lowest BCUT2D eigenvalue weighted by Gasteiger charge is -2.40. The Hall–Kier alpha value is -2.74. The van der Waals surface area contributed by atoms with Crippen LogP contribution in [0.5, 0.6) is 0 Å². The van der Waals surface area contributed by atoms with Crippen molar-refractivity contribution in [2.45, 2.75) is 49.9 Å². The number of nitrogens with zero attached hydrogens (tertiary/aromatic N) is 5. The normalized spacial score (nSPS) is 20.6. The van der Waals surface area contributed by atoms with Crippen LogP contribution < -0.4 is 4.90 Å². The highest BCUT2D eigenvalue weighted by Crippen LogP contribution is 2.44. The summed E-state index contributed by atoms with van der Waals surface area (Å²) in [4.78, 5) is 28.3. The van der Waals surface area contributed by atoms with Crippen molar-refractivity contribution in [2.75, 3.05) is 31.1 Å². The molecule has 7 nitrogen and oxygen atoms in total. The zero-order chi connectivity index (χ0) is 21.5. The first-order valence-electron chi connectivity index (χ1n) is 11.6. The third-order valence-corrected chi connectivity index (χ3v) is 8.20. The van der Waals surface area contributed by atoms with E-state index < -0.39 is 0 Å². The lowest BCUT2D eigenvalue weighted by molar-refractivity contribution is -0.137. The zero-order valence-corrected chi connectivity index (χ0v) is 18.9. The number of amides is 1.